The number of rotatable bonds is 5. The highest BCUT2D eigenvalue weighted by Crippen LogP contribution is 2.47. The van der Waals surface area contributed by atoms with E-state index in [9.17, 15) is 14.0 Å². The molecule has 41 heavy (non-hydrogen) atoms. The molecule has 1 aliphatic carbocycles. The highest BCUT2D eigenvalue weighted by atomic mass is 19.1. The molecule has 4 aromatic rings. The summed E-state index contributed by atoms with van der Waals surface area (Å²) in [6.07, 6.45) is 4.18. The van der Waals surface area contributed by atoms with Crippen molar-refractivity contribution in [1.82, 2.24) is 0 Å². The number of fused-ring (bicyclic) bond motifs is 1. The molecule has 1 heterocycles. The molecule has 204 valence electrons. The number of nitrogens with zero attached hydrogens (tertiary/aromatic N) is 1. The maximum Gasteiger partial charge on any atom is 0.251 e. The summed E-state index contributed by atoms with van der Waals surface area (Å²) < 4.78 is 19.4. The highest BCUT2D eigenvalue weighted by Gasteiger charge is 2.41. The Morgan fingerprint density at radius 1 is 0.878 bits per heavy atom. The maximum atomic E-state index is 14.1. The SMILES string of the molecule is COc1ccc(C2CC(=O)C3=C(C2)Nc2ccccc2N(C(=O)/C=C/c2ccccc2)C3c2ccc(F)cc2)cc1. The van der Waals surface area contributed by atoms with Gasteiger partial charge in [0.2, 0.25) is 0 Å². The molecule has 2 aliphatic rings. The Morgan fingerprint density at radius 2 is 1.56 bits per heavy atom. The van der Waals surface area contributed by atoms with E-state index >= 15 is 0 Å². The lowest BCUT2D eigenvalue weighted by Gasteiger charge is -2.34. The number of hydrogen-bond donors (Lipinski definition) is 1. The van der Waals surface area contributed by atoms with Crippen LogP contribution in [0.1, 0.15) is 41.5 Å². The van der Waals surface area contributed by atoms with Gasteiger partial charge in [0.15, 0.2) is 5.78 Å². The number of allylic oxidation sites excluding steroid dienone is 1. The van der Waals surface area contributed by atoms with Crippen molar-refractivity contribution in [2.75, 3.05) is 17.3 Å². The molecule has 0 spiro atoms. The van der Waals surface area contributed by atoms with Gasteiger partial charge in [0.25, 0.3) is 5.91 Å². The Morgan fingerprint density at radius 3 is 2.29 bits per heavy atom. The second-order valence-corrected chi connectivity index (χ2v) is 10.2. The van der Waals surface area contributed by atoms with E-state index in [4.69, 9.17) is 4.74 Å². The van der Waals surface area contributed by atoms with E-state index < -0.39 is 6.04 Å². The number of amides is 1. The summed E-state index contributed by atoms with van der Waals surface area (Å²) in [6, 6.07) is 30.2. The molecule has 0 bridgehead atoms. The van der Waals surface area contributed by atoms with Crippen molar-refractivity contribution in [3.8, 4) is 5.75 Å². The van der Waals surface area contributed by atoms with Gasteiger partial charge in [-0.05, 0) is 71.5 Å². The standard InChI is InChI=1S/C35H29FN2O3/c1-41-28-18-14-24(15-19-28)26-21-30-34(32(39)22-26)35(25-12-16-27(36)17-13-25)38(31-10-6-5-9-29(31)37-30)33(40)20-11-23-7-3-2-4-8-23/h2-20,26,35,37H,21-22H2,1H3/b20-11+. The lowest BCUT2D eigenvalue weighted by atomic mass is 9.78. The molecule has 2 unspecified atom stereocenters. The normalized spacial score (nSPS) is 18.4. The first-order chi connectivity index (χ1) is 20.0. The number of anilines is 2. The van der Waals surface area contributed by atoms with Crippen molar-refractivity contribution >= 4 is 29.1 Å². The van der Waals surface area contributed by atoms with Crippen molar-refractivity contribution in [3.05, 3.63) is 143 Å². The minimum absolute atomic E-state index is 0.0408. The van der Waals surface area contributed by atoms with Gasteiger partial charge >= 0.3 is 0 Å². The van der Waals surface area contributed by atoms with Crippen LogP contribution in [0.5, 0.6) is 5.75 Å². The highest BCUT2D eigenvalue weighted by molar-refractivity contribution is 6.10. The summed E-state index contributed by atoms with van der Waals surface area (Å²) in [4.78, 5) is 29.8. The molecule has 0 saturated heterocycles. The summed E-state index contributed by atoms with van der Waals surface area (Å²) in [7, 11) is 1.63. The van der Waals surface area contributed by atoms with E-state index in [0.29, 0.717) is 29.7 Å². The molecule has 2 atom stereocenters. The lowest BCUT2D eigenvalue weighted by molar-refractivity contribution is -0.116. The van der Waals surface area contributed by atoms with E-state index in [1.807, 2.05) is 78.9 Å². The van der Waals surface area contributed by atoms with Crippen LogP contribution in [0.4, 0.5) is 15.8 Å². The third-order valence-electron chi connectivity index (χ3n) is 7.72. The van der Waals surface area contributed by atoms with E-state index in [0.717, 1.165) is 28.3 Å². The Labute approximate surface area is 238 Å². The summed E-state index contributed by atoms with van der Waals surface area (Å²) in [5.74, 6) is 0.00148. The molecule has 5 nitrogen and oxygen atoms in total. The number of ketones is 1. The zero-order valence-corrected chi connectivity index (χ0v) is 22.6. The van der Waals surface area contributed by atoms with Gasteiger partial charge in [-0.15, -0.1) is 0 Å². The molecule has 0 aromatic heterocycles. The van der Waals surface area contributed by atoms with Crippen LogP contribution in [-0.2, 0) is 9.59 Å². The van der Waals surface area contributed by atoms with Gasteiger partial charge in [-0.1, -0.05) is 66.7 Å². The second-order valence-electron chi connectivity index (χ2n) is 10.2. The largest absolute Gasteiger partial charge is 0.497 e. The van der Waals surface area contributed by atoms with Crippen LogP contribution >= 0.6 is 0 Å². The third-order valence-corrected chi connectivity index (χ3v) is 7.72. The van der Waals surface area contributed by atoms with Gasteiger partial charge in [0.05, 0.1) is 24.5 Å². The molecule has 1 amide bonds. The van der Waals surface area contributed by atoms with E-state index in [1.54, 1.807) is 30.2 Å². The fraction of sp³-hybridized carbons (Fsp3) is 0.143. The molecule has 4 aromatic carbocycles. The summed E-state index contributed by atoms with van der Waals surface area (Å²) >= 11 is 0. The van der Waals surface area contributed by atoms with Crippen LogP contribution in [0.15, 0.2) is 120 Å². The van der Waals surface area contributed by atoms with E-state index in [-0.39, 0.29) is 23.4 Å². The first-order valence-corrected chi connectivity index (χ1v) is 13.6. The van der Waals surface area contributed by atoms with Crippen molar-refractivity contribution in [2.24, 2.45) is 0 Å². The summed E-state index contributed by atoms with van der Waals surface area (Å²) in [6.45, 7) is 0. The molecule has 0 fully saturated rings. The first kappa shape index (κ1) is 26.3. The van der Waals surface area contributed by atoms with Crippen molar-refractivity contribution < 1.29 is 18.7 Å². The number of carbonyl (C=O) groups is 2. The maximum absolute atomic E-state index is 14.1. The molecule has 0 saturated carbocycles. The molecule has 0 radical (unpaired) electrons. The number of methoxy groups -OCH3 is 1. The monoisotopic (exact) mass is 544 g/mol. The van der Waals surface area contributed by atoms with Crippen LogP contribution in [-0.4, -0.2) is 18.8 Å². The van der Waals surface area contributed by atoms with Gasteiger partial charge < -0.3 is 10.1 Å². The van der Waals surface area contributed by atoms with Crippen molar-refractivity contribution in [1.29, 1.82) is 0 Å². The number of halogens is 1. The summed E-state index contributed by atoms with van der Waals surface area (Å²) in [5, 5.41) is 3.53. The van der Waals surface area contributed by atoms with Gasteiger partial charge in [0.1, 0.15) is 11.6 Å². The van der Waals surface area contributed by atoms with Crippen LogP contribution in [0.2, 0.25) is 0 Å². The number of benzene rings is 4. The molecular formula is C35H29FN2O3. The molecule has 6 heteroatoms. The fourth-order valence-corrected chi connectivity index (χ4v) is 5.72. The Kier molecular flexibility index (Phi) is 7.21. The van der Waals surface area contributed by atoms with Gasteiger partial charge in [-0.3, -0.25) is 14.5 Å². The molecular weight excluding hydrogens is 515 g/mol. The minimum Gasteiger partial charge on any atom is -0.497 e. The van der Waals surface area contributed by atoms with Crippen LogP contribution in [0, 0.1) is 5.82 Å². The number of hydrogen-bond acceptors (Lipinski definition) is 4. The van der Waals surface area contributed by atoms with E-state index in [1.165, 1.54) is 18.2 Å². The number of ether oxygens (including phenoxy) is 1. The average Bonchev–Trinajstić information content (AvgIpc) is 3.15. The smallest absolute Gasteiger partial charge is 0.251 e. The predicted octanol–water partition coefficient (Wildman–Crippen LogP) is 7.45. The Bertz CT molecular complexity index is 1640. The number of Topliss-reactive ketones (excluding diaryl/α,β-unsaturated/α-hetero) is 1. The van der Waals surface area contributed by atoms with Gasteiger partial charge in [-0.2, -0.15) is 0 Å². The molecule has 1 aliphatic heterocycles. The van der Waals surface area contributed by atoms with Gasteiger partial charge in [-0.25, -0.2) is 4.39 Å². The van der Waals surface area contributed by atoms with Crippen LogP contribution in [0.25, 0.3) is 6.08 Å². The number of carbonyl (C=O) groups excluding carboxylic acids is 2. The molecule has 1 N–H and O–H groups in total. The lowest BCUT2D eigenvalue weighted by Crippen LogP contribution is -2.37. The number of para-hydroxylation sites is 2. The number of nitrogens with one attached hydrogen (secondary N) is 1. The van der Waals surface area contributed by atoms with E-state index in [2.05, 4.69) is 5.32 Å². The zero-order valence-electron chi connectivity index (χ0n) is 22.6. The zero-order chi connectivity index (χ0) is 28.3. The fourth-order valence-electron chi connectivity index (χ4n) is 5.72. The second kappa shape index (κ2) is 11.3. The molecule has 6 rings (SSSR count). The first-order valence-electron chi connectivity index (χ1n) is 13.6. The minimum atomic E-state index is -0.737. The van der Waals surface area contributed by atoms with Crippen LogP contribution in [0.3, 0.4) is 0 Å². The van der Waals surface area contributed by atoms with Crippen molar-refractivity contribution in [3.63, 3.8) is 0 Å². The summed E-state index contributed by atoms with van der Waals surface area (Å²) in [5.41, 5.74) is 5.26. The third kappa shape index (κ3) is 5.29. The van der Waals surface area contributed by atoms with Crippen LogP contribution < -0.4 is 15.0 Å². The Balaban J connectivity index is 1.48. The Hall–Kier alpha value is -4.97. The topological polar surface area (TPSA) is 58.6 Å². The predicted molar refractivity (Wildman–Crippen MR) is 159 cm³/mol. The van der Waals surface area contributed by atoms with Crippen molar-refractivity contribution in [2.45, 2.75) is 24.8 Å². The van der Waals surface area contributed by atoms with Gasteiger partial charge in [0, 0.05) is 23.8 Å². The average molecular weight is 545 g/mol. The quantitative estimate of drug-likeness (QED) is 0.265.